The molecule has 0 saturated carbocycles. The molecule has 0 unspecified atom stereocenters. The van der Waals surface area contributed by atoms with Gasteiger partial charge < -0.3 is 9.47 Å². The summed E-state index contributed by atoms with van der Waals surface area (Å²) in [6.45, 7) is 3.68. The Bertz CT molecular complexity index is 330. The third kappa shape index (κ3) is 2.87. The van der Waals surface area contributed by atoms with Gasteiger partial charge in [0.15, 0.2) is 0 Å². The Morgan fingerprint density at radius 3 is 2.41 bits per heavy atom. The van der Waals surface area contributed by atoms with Crippen molar-refractivity contribution in [1.29, 1.82) is 0 Å². The standard InChI is InChI=1S/C13H20O4/c1-13(2,12(15)17-4)10-7-5-6-9(8-10)11(14)16-3/h5,7,9-10H,6,8H2,1-4H3/t9-,10+/m0/s1. The van der Waals surface area contributed by atoms with Gasteiger partial charge in [-0.05, 0) is 32.6 Å². The Morgan fingerprint density at radius 1 is 1.24 bits per heavy atom. The van der Waals surface area contributed by atoms with Crippen molar-refractivity contribution >= 4 is 11.9 Å². The fourth-order valence-electron chi connectivity index (χ4n) is 2.20. The van der Waals surface area contributed by atoms with E-state index in [2.05, 4.69) is 0 Å². The molecule has 0 amide bonds. The van der Waals surface area contributed by atoms with Crippen molar-refractivity contribution in [3.05, 3.63) is 12.2 Å². The summed E-state index contributed by atoms with van der Waals surface area (Å²) in [5.41, 5.74) is -0.613. The lowest BCUT2D eigenvalue weighted by Crippen LogP contribution is -2.36. The average Bonchev–Trinajstić information content (AvgIpc) is 2.36. The summed E-state index contributed by atoms with van der Waals surface area (Å²) < 4.78 is 9.55. The zero-order chi connectivity index (χ0) is 13.1. The van der Waals surface area contributed by atoms with Crippen molar-refractivity contribution in [1.82, 2.24) is 0 Å². The van der Waals surface area contributed by atoms with Gasteiger partial charge in [-0.3, -0.25) is 9.59 Å². The third-order valence-corrected chi connectivity index (χ3v) is 3.50. The molecule has 4 heteroatoms. The molecule has 0 N–H and O–H groups in total. The van der Waals surface area contributed by atoms with Crippen LogP contribution in [0.2, 0.25) is 0 Å². The first-order valence-electron chi connectivity index (χ1n) is 5.76. The van der Waals surface area contributed by atoms with Gasteiger partial charge >= 0.3 is 11.9 Å². The Morgan fingerprint density at radius 2 is 1.88 bits per heavy atom. The number of allylic oxidation sites excluding steroid dienone is 2. The van der Waals surface area contributed by atoms with Crippen LogP contribution >= 0.6 is 0 Å². The number of methoxy groups -OCH3 is 2. The van der Waals surface area contributed by atoms with Gasteiger partial charge in [-0.2, -0.15) is 0 Å². The topological polar surface area (TPSA) is 52.6 Å². The van der Waals surface area contributed by atoms with E-state index in [0.717, 1.165) is 0 Å². The van der Waals surface area contributed by atoms with Crippen LogP contribution in [-0.4, -0.2) is 26.2 Å². The smallest absolute Gasteiger partial charge is 0.311 e. The molecule has 0 spiro atoms. The summed E-state index contributed by atoms with van der Waals surface area (Å²) in [5, 5.41) is 0. The van der Waals surface area contributed by atoms with Gasteiger partial charge in [0.2, 0.25) is 0 Å². The van der Waals surface area contributed by atoms with Crippen LogP contribution in [-0.2, 0) is 19.1 Å². The molecular formula is C13H20O4. The molecule has 0 aliphatic heterocycles. The van der Waals surface area contributed by atoms with Gasteiger partial charge in [-0.25, -0.2) is 0 Å². The summed E-state index contributed by atoms with van der Waals surface area (Å²) in [6.07, 6.45) is 5.25. The lowest BCUT2D eigenvalue weighted by molar-refractivity contribution is -0.155. The van der Waals surface area contributed by atoms with Crippen LogP contribution in [0.1, 0.15) is 26.7 Å². The monoisotopic (exact) mass is 240 g/mol. The SMILES string of the molecule is COC(=O)[C@H]1CC=C[C@@H](C(C)(C)C(=O)OC)C1. The van der Waals surface area contributed by atoms with Crippen LogP contribution in [0.25, 0.3) is 0 Å². The molecule has 1 aliphatic rings. The molecule has 0 aromatic heterocycles. The van der Waals surface area contributed by atoms with Crippen LogP contribution in [0, 0.1) is 17.3 Å². The van der Waals surface area contributed by atoms with E-state index in [-0.39, 0.29) is 23.8 Å². The van der Waals surface area contributed by atoms with E-state index in [1.54, 1.807) is 0 Å². The van der Waals surface area contributed by atoms with Gasteiger partial charge in [0.25, 0.3) is 0 Å². The summed E-state index contributed by atoms with van der Waals surface area (Å²) in [5.74, 6) is -0.607. The quantitative estimate of drug-likeness (QED) is 0.559. The molecule has 0 radical (unpaired) electrons. The van der Waals surface area contributed by atoms with E-state index in [1.165, 1.54) is 14.2 Å². The molecule has 96 valence electrons. The van der Waals surface area contributed by atoms with Gasteiger partial charge in [0.1, 0.15) is 0 Å². The predicted octanol–water partition coefficient (Wildman–Crippen LogP) is 1.94. The molecule has 1 rings (SSSR count). The van der Waals surface area contributed by atoms with Crippen molar-refractivity contribution in [2.24, 2.45) is 17.3 Å². The highest BCUT2D eigenvalue weighted by atomic mass is 16.5. The van der Waals surface area contributed by atoms with Crippen molar-refractivity contribution in [2.75, 3.05) is 14.2 Å². The van der Waals surface area contributed by atoms with Gasteiger partial charge in [-0.1, -0.05) is 12.2 Å². The second-order valence-corrected chi connectivity index (χ2v) is 4.94. The first-order chi connectivity index (χ1) is 7.93. The van der Waals surface area contributed by atoms with E-state index in [1.807, 2.05) is 26.0 Å². The minimum Gasteiger partial charge on any atom is -0.469 e. The lowest BCUT2D eigenvalue weighted by atomic mass is 9.71. The van der Waals surface area contributed by atoms with Crippen molar-refractivity contribution in [3.8, 4) is 0 Å². The molecule has 0 fully saturated rings. The van der Waals surface area contributed by atoms with E-state index < -0.39 is 5.41 Å². The molecule has 0 saturated heterocycles. The molecule has 0 heterocycles. The number of hydrogen-bond donors (Lipinski definition) is 0. The molecule has 4 nitrogen and oxygen atoms in total. The largest absolute Gasteiger partial charge is 0.469 e. The van der Waals surface area contributed by atoms with Crippen molar-refractivity contribution in [2.45, 2.75) is 26.7 Å². The molecule has 0 aromatic carbocycles. The maximum absolute atomic E-state index is 11.7. The highest BCUT2D eigenvalue weighted by Crippen LogP contribution is 2.38. The molecule has 2 atom stereocenters. The maximum atomic E-state index is 11.7. The molecule has 0 bridgehead atoms. The van der Waals surface area contributed by atoms with Gasteiger partial charge in [0, 0.05) is 0 Å². The number of carbonyl (C=O) groups is 2. The fraction of sp³-hybridized carbons (Fsp3) is 0.692. The number of rotatable bonds is 3. The Labute approximate surface area is 102 Å². The van der Waals surface area contributed by atoms with Crippen LogP contribution in [0.3, 0.4) is 0 Å². The lowest BCUT2D eigenvalue weighted by Gasteiger charge is -2.33. The van der Waals surface area contributed by atoms with Gasteiger partial charge in [0.05, 0.1) is 25.6 Å². The van der Waals surface area contributed by atoms with Crippen LogP contribution in [0.4, 0.5) is 0 Å². The number of esters is 2. The summed E-state index contributed by atoms with van der Waals surface area (Å²) in [4.78, 5) is 23.2. The van der Waals surface area contributed by atoms with E-state index in [4.69, 9.17) is 9.47 Å². The summed E-state index contributed by atoms with van der Waals surface area (Å²) in [6, 6.07) is 0. The van der Waals surface area contributed by atoms with E-state index >= 15 is 0 Å². The average molecular weight is 240 g/mol. The summed E-state index contributed by atoms with van der Waals surface area (Å²) in [7, 11) is 2.77. The molecule has 1 aliphatic carbocycles. The number of carbonyl (C=O) groups excluding carboxylic acids is 2. The molecular weight excluding hydrogens is 220 g/mol. The second kappa shape index (κ2) is 5.34. The maximum Gasteiger partial charge on any atom is 0.311 e. The van der Waals surface area contributed by atoms with Crippen molar-refractivity contribution < 1.29 is 19.1 Å². The highest BCUT2D eigenvalue weighted by Gasteiger charge is 2.40. The second-order valence-electron chi connectivity index (χ2n) is 4.94. The first kappa shape index (κ1) is 13.7. The number of hydrogen-bond acceptors (Lipinski definition) is 4. The normalized spacial score (nSPS) is 24.2. The van der Waals surface area contributed by atoms with Crippen molar-refractivity contribution in [3.63, 3.8) is 0 Å². The zero-order valence-corrected chi connectivity index (χ0v) is 10.9. The Kier molecular flexibility index (Phi) is 4.32. The van der Waals surface area contributed by atoms with Crippen LogP contribution in [0.5, 0.6) is 0 Å². The molecule has 0 aromatic rings. The van der Waals surface area contributed by atoms with Crippen LogP contribution in [0.15, 0.2) is 12.2 Å². The van der Waals surface area contributed by atoms with Gasteiger partial charge in [-0.15, -0.1) is 0 Å². The van der Waals surface area contributed by atoms with E-state index in [9.17, 15) is 9.59 Å². The Balaban J connectivity index is 2.80. The minimum absolute atomic E-state index is 0.00722. The minimum atomic E-state index is -0.613. The van der Waals surface area contributed by atoms with E-state index in [0.29, 0.717) is 12.8 Å². The third-order valence-electron chi connectivity index (χ3n) is 3.50. The first-order valence-corrected chi connectivity index (χ1v) is 5.76. The zero-order valence-electron chi connectivity index (χ0n) is 10.9. The fourth-order valence-corrected chi connectivity index (χ4v) is 2.20. The Hall–Kier alpha value is -1.32. The van der Waals surface area contributed by atoms with Crippen LogP contribution < -0.4 is 0 Å². The predicted molar refractivity (Wildman–Crippen MR) is 63.2 cm³/mol. The number of ether oxygens (including phenoxy) is 2. The summed E-state index contributed by atoms with van der Waals surface area (Å²) >= 11 is 0. The molecule has 17 heavy (non-hydrogen) atoms. The highest BCUT2D eigenvalue weighted by molar-refractivity contribution is 5.77.